The molecule has 1 aliphatic carbocycles. The highest BCUT2D eigenvalue weighted by molar-refractivity contribution is 6.32. The number of aliphatic hydroxyl groups excluding tert-OH is 4. The van der Waals surface area contributed by atoms with Gasteiger partial charge in [0.15, 0.2) is 0 Å². The third-order valence-electron chi connectivity index (χ3n) is 21.4. The third kappa shape index (κ3) is 19.0. The van der Waals surface area contributed by atoms with Crippen LogP contribution in [-0.2, 0) is 14.4 Å². The molecule has 9 N–H and O–H groups in total. The molecule has 5 aromatic carbocycles. The second-order valence-corrected chi connectivity index (χ2v) is 31.0. The lowest BCUT2D eigenvalue weighted by atomic mass is 9.84. The molecule has 0 radical (unpaired) electrons. The maximum absolute atomic E-state index is 15.2. The van der Waals surface area contributed by atoms with Gasteiger partial charge >= 0.3 is 6.03 Å². The summed E-state index contributed by atoms with van der Waals surface area (Å²) in [6.07, 6.45) is 2.53. The summed E-state index contributed by atoms with van der Waals surface area (Å²) < 4.78 is 121. The van der Waals surface area contributed by atoms with E-state index in [4.69, 9.17) is 46.4 Å². The number of H-pyrrole nitrogens is 4. The van der Waals surface area contributed by atoms with Crippen molar-refractivity contribution in [3.8, 4) is 0 Å². The van der Waals surface area contributed by atoms with Crippen LogP contribution in [0.25, 0.3) is 43.6 Å². The number of aromatic amines is 4. The third-order valence-corrected chi connectivity index (χ3v) is 22.3. The minimum atomic E-state index is -3.38. The number of fused-ring (bicyclic) bond motifs is 4. The molecule has 4 saturated heterocycles. The number of carbonyl (C=O) groups excluding carboxylic acids is 4. The van der Waals surface area contributed by atoms with Crippen molar-refractivity contribution < 1.29 is 74.7 Å². The molecule has 0 bridgehead atoms. The average Bonchev–Trinajstić information content (AvgIpc) is 1.54. The van der Waals surface area contributed by atoms with Gasteiger partial charge in [0.05, 0.1) is 46.9 Å². The number of urea groups is 1. The van der Waals surface area contributed by atoms with E-state index < -0.39 is 71.8 Å². The Labute approximate surface area is 642 Å². The number of anilines is 1. The van der Waals surface area contributed by atoms with Crippen molar-refractivity contribution in [3.05, 3.63) is 146 Å². The van der Waals surface area contributed by atoms with E-state index in [0.717, 1.165) is 12.8 Å². The largest absolute Gasteiger partial charge is 0.382 e. The van der Waals surface area contributed by atoms with Gasteiger partial charge in [0.1, 0.15) is 24.4 Å². The van der Waals surface area contributed by atoms with Crippen molar-refractivity contribution in [2.45, 2.75) is 152 Å². The van der Waals surface area contributed by atoms with Crippen LogP contribution in [0.3, 0.4) is 0 Å². The number of para-hydroxylation sites is 1. The zero-order valence-corrected chi connectivity index (χ0v) is 63.0. The van der Waals surface area contributed by atoms with Gasteiger partial charge in [-0.1, -0.05) is 85.4 Å². The highest BCUT2D eigenvalue weighted by atomic mass is 35.5. The van der Waals surface area contributed by atoms with Crippen molar-refractivity contribution in [2.24, 2.45) is 35.5 Å². The molecule has 4 atom stereocenters. The number of carbonyl (C=O) groups is 4. The lowest BCUT2D eigenvalue weighted by Gasteiger charge is -2.38. The van der Waals surface area contributed by atoms with E-state index in [1.807, 2.05) is 19.9 Å². The summed E-state index contributed by atoms with van der Waals surface area (Å²) in [5, 5.41) is 74.1. The van der Waals surface area contributed by atoms with Crippen molar-refractivity contribution in [3.63, 3.8) is 0 Å². The maximum Gasteiger partial charge on any atom is 0.321 e. The van der Waals surface area contributed by atoms with Crippen LogP contribution in [0.4, 0.5) is 45.6 Å². The fourth-order valence-corrected chi connectivity index (χ4v) is 15.8. The lowest BCUT2D eigenvalue weighted by Crippen LogP contribution is -2.46. The molecule has 5 fully saturated rings. The zero-order chi connectivity index (χ0) is 78.4. The maximum atomic E-state index is 15.2. The lowest BCUT2D eigenvalue weighted by molar-refractivity contribution is -0.164. The normalized spacial score (nSPS) is 18.1. The molecule has 9 aromatic rings. The van der Waals surface area contributed by atoms with E-state index in [9.17, 15) is 48.4 Å². The van der Waals surface area contributed by atoms with Crippen LogP contribution in [0.5, 0.6) is 0 Å². The molecule has 4 aromatic heterocycles. The number of nitrogens with one attached hydrogen (secondary N) is 5. The van der Waals surface area contributed by atoms with Crippen molar-refractivity contribution in [1.82, 2.24) is 60.4 Å². The highest BCUT2D eigenvalue weighted by Gasteiger charge is 2.53. The van der Waals surface area contributed by atoms with Crippen LogP contribution in [-0.4, -0.2) is 181 Å². The van der Waals surface area contributed by atoms with Crippen LogP contribution >= 0.6 is 46.4 Å². The van der Waals surface area contributed by atoms with Crippen LogP contribution in [0.2, 0.25) is 20.1 Å². The Kier molecular flexibility index (Phi) is 26.2. The van der Waals surface area contributed by atoms with Crippen LogP contribution in [0.15, 0.2) is 104 Å². The molecule has 4 aliphatic heterocycles. The second kappa shape index (κ2) is 34.8. The average molecular weight is 1600 g/mol. The van der Waals surface area contributed by atoms with E-state index in [0.29, 0.717) is 87.6 Å². The number of nitrogens with zero attached hydrogens (tertiary/aromatic N) is 8. The number of piperidine rings is 4. The fourth-order valence-electron chi connectivity index (χ4n) is 14.9. The minimum absolute atomic E-state index is 0.00123. The summed E-state index contributed by atoms with van der Waals surface area (Å²) in [6.45, 7) is 7.79. The van der Waals surface area contributed by atoms with Crippen LogP contribution < -0.4 is 5.32 Å². The van der Waals surface area contributed by atoms with E-state index in [-0.39, 0.29) is 163 Å². The topological polar surface area (TPSA) is 289 Å². The van der Waals surface area contributed by atoms with E-state index >= 15 is 26.3 Å². The summed E-state index contributed by atoms with van der Waals surface area (Å²) in [5.74, 6) is -16.7. The Bertz CT molecular complexity index is 4480. The fraction of sp³-hybridized carbons (Fsp3) is 0.500. The second-order valence-electron chi connectivity index (χ2n) is 29.2. The molecular formula is C76H87Cl4F8N13O8. The Balaban J connectivity index is 0.000000145. The number of aliphatic hydroxyl groups is 4. The van der Waals surface area contributed by atoms with Gasteiger partial charge < -0.3 is 45.3 Å². The van der Waals surface area contributed by atoms with Gasteiger partial charge in [-0.2, -0.15) is 20.4 Å². The minimum Gasteiger partial charge on any atom is -0.382 e. The molecule has 0 spiro atoms. The number of rotatable bonds is 18. The SMILES string of the molecule is CC(C)CC(=O)N1CCC(C(F)(F)C(O)c2cc(Cl)cc3cn[nH]c23)CC1.CCC(=O)N1CCC(C(F)(F)C(O)c2cc(Cl)cc3cn[nH]c23)CC1.O=C(CC1CC1)N1CCC(C(F)(F)C(O)c2cc(Cl)cc3cn[nH]c23)CC1.O=C(Nc1ccccc1)N1CCC(C(F)(F)C(O)c2cc(Cl)cc3cn[nH]c23)CC1. The number of hydrogen-bond acceptors (Lipinski definition) is 12. The monoisotopic (exact) mass is 1600 g/mol. The number of amides is 5. The first-order chi connectivity index (χ1) is 51.8. The van der Waals surface area contributed by atoms with Crippen molar-refractivity contribution >= 4 is 119 Å². The predicted octanol–water partition coefficient (Wildman–Crippen LogP) is 16.5. The number of benzene rings is 5. The number of alkyl halides is 8. The van der Waals surface area contributed by atoms with Gasteiger partial charge in [-0.15, -0.1) is 0 Å². The van der Waals surface area contributed by atoms with Gasteiger partial charge in [-0.3, -0.25) is 34.8 Å². The summed E-state index contributed by atoms with van der Waals surface area (Å²) in [7, 11) is 0. The molecule has 14 rings (SSSR count). The molecule has 8 heterocycles. The molecule has 1 saturated carbocycles. The summed E-state index contributed by atoms with van der Waals surface area (Å²) in [4.78, 5) is 54.8. The van der Waals surface area contributed by atoms with Crippen molar-refractivity contribution in [1.29, 1.82) is 0 Å². The molecule has 588 valence electrons. The smallest absolute Gasteiger partial charge is 0.321 e. The van der Waals surface area contributed by atoms with Crippen molar-refractivity contribution in [2.75, 3.05) is 57.7 Å². The Morgan fingerprint density at radius 2 is 0.725 bits per heavy atom. The van der Waals surface area contributed by atoms with Gasteiger partial charge in [0.25, 0.3) is 23.7 Å². The first-order valence-corrected chi connectivity index (χ1v) is 38.0. The molecule has 5 amide bonds. The molecule has 33 heteroatoms. The molecule has 4 unspecified atom stereocenters. The zero-order valence-electron chi connectivity index (χ0n) is 60.0. The number of halogens is 12. The first-order valence-electron chi connectivity index (χ1n) is 36.4. The van der Waals surface area contributed by atoms with Gasteiger partial charge in [0.2, 0.25) is 17.7 Å². The van der Waals surface area contributed by atoms with Gasteiger partial charge in [-0.25, -0.2) is 39.9 Å². The molecule has 5 aliphatic rings. The quantitative estimate of drug-likeness (QED) is 0.0363. The van der Waals surface area contributed by atoms with Crippen LogP contribution in [0, 0.1) is 35.5 Å². The Morgan fingerprint density at radius 3 is 1.01 bits per heavy atom. The van der Waals surface area contributed by atoms with E-state index in [1.165, 1.54) is 54.0 Å². The summed E-state index contributed by atoms with van der Waals surface area (Å²) in [5.41, 5.74) is 2.21. The summed E-state index contributed by atoms with van der Waals surface area (Å²) in [6, 6.07) is 20.4. The summed E-state index contributed by atoms with van der Waals surface area (Å²) >= 11 is 24.1. The predicted molar refractivity (Wildman–Crippen MR) is 399 cm³/mol. The van der Waals surface area contributed by atoms with Gasteiger partial charge in [0, 0.05) is 165 Å². The molecule has 21 nitrogen and oxygen atoms in total. The Morgan fingerprint density at radius 1 is 0.440 bits per heavy atom. The van der Waals surface area contributed by atoms with Gasteiger partial charge in [-0.05, 0) is 137 Å². The van der Waals surface area contributed by atoms with E-state index in [1.54, 1.807) is 70.2 Å². The molecule has 109 heavy (non-hydrogen) atoms. The highest BCUT2D eigenvalue weighted by Crippen LogP contribution is 2.49. The Hall–Kier alpha value is -7.90. The number of aromatic nitrogens is 8. The number of likely N-dealkylation sites (tertiary alicyclic amines) is 4. The van der Waals surface area contributed by atoms with Crippen LogP contribution in [0.1, 0.15) is 151 Å². The first kappa shape index (κ1) is 82.1. The standard InChI is InChI=1S/C21H21ClF2N4O2.C19H22ClF2N3O2.C19H24ClF2N3O2.C17H20ClF2N3O2/c22-15-10-13-12-25-27-18(13)17(11-15)19(29)21(23,24)14-6-8-28(9-7-14)20(30)26-16-4-2-1-3-5-16;20-14-8-12-10-23-24-17(12)15(9-14)18(27)19(21,22)13-3-5-25(6-4-13)16(26)7-11-1-2-11;1-11(2)7-16(26)25-5-3-13(4-6-25)19(21,22)18(27)15-9-14(20)8-12-10-23-24-17(12)15;1-2-14(24)23-5-3-11(4-6-23)17(19,20)16(25)13-8-12(18)7-10-9-21-22-15(10)13/h1-5,10-12,14,19,29H,6-9H2,(H,25,27)(H,26,30);8-11,13,18,27H,1-7H2,(H,23,24);8-11,13,18,27H,3-7H2,1-2H3,(H,23,24);7-9,11,16,25H,2-6H2,1H3,(H,21,22). The number of hydrogen-bond donors (Lipinski definition) is 9. The molecular weight excluding hydrogens is 1520 g/mol. The van der Waals surface area contributed by atoms with E-state index in [2.05, 4.69) is 46.1 Å².